The Labute approximate surface area is 111 Å². The predicted molar refractivity (Wildman–Crippen MR) is 69.0 cm³/mol. The number of halogens is 1. The summed E-state index contributed by atoms with van der Waals surface area (Å²) in [6, 6.07) is 5.63. The van der Waals surface area contributed by atoms with Gasteiger partial charge in [-0.2, -0.15) is 0 Å². The summed E-state index contributed by atoms with van der Waals surface area (Å²) >= 11 is 0. The van der Waals surface area contributed by atoms with Gasteiger partial charge in [-0.3, -0.25) is 0 Å². The fourth-order valence-electron chi connectivity index (χ4n) is 2.76. The quantitative estimate of drug-likeness (QED) is 0.845. The van der Waals surface area contributed by atoms with E-state index >= 15 is 0 Å². The van der Waals surface area contributed by atoms with Gasteiger partial charge in [0, 0.05) is 5.41 Å². The van der Waals surface area contributed by atoms with Crippen LogP contribution in [0, 0.1) is 11.7 Å². The van der Waals surface area contributed by atoms with Crippen LogP contribution in [-0.2, 0) is 15.3 Å². The van der Waals surface area contributed by atoms with Gasteiger partial charge in [-0.25, -0.2) is 12.8 Å². The summed E-state index contributed by atoms with van der Waals surface area (Å²) in [5.74, 6) is -0.891. The van der Waals surface area contributed by atoms with Crippen molar-refractivity contribution in [3.05, 3.63) is 35.6 Å². The van der Waals surface area contributed by atoms with Crippen LogP contribution >= 0.6 is 0 Å². The van der Waals surface area contributed by atoms with E-state index in [0.717, 1.165) is 0 Å². The summed E-state index contributed by atoms with van der Waals surface area (Å²) in [5, 5.41) is 19.3. The van der Waals surface area contributed by atoms with Crippen molar-refractivity contribution in [2.45, 2.75) is 11.8 Å². The maximum Gasteiger partial charge on any atom is 0.150 e. The van der Waals surface area contributed by atoms with Gasteiger partial charge in [0.05, 0.1) is 24.7 Å². The van der Waals surface area contributed by atoms with Gasteiger partial charge in [-0.1, -0.05) is 12.1 Å². The van der Waals surface area contributed by atoms with Crippen molar-refractivity contribution in [1.82, 2.24) is 0 Å². The van der Waals surface area contributed by atoms with Crippen molar-refractivity contribution < 1.29 is 23.0 Å². The summed E-state index contributed by atoms with van der Waals surface area (Å²) in [7, 11) is -3.13. The first-order valence-electron chi connectivity index (χ1n) is 6.12. The van der Waals surface area contributed by atoms with Crippen molar-refractivity contribution in [1.29, 1.82) is 0 Å². The first-order valence-corrected chi connectivity index (χ1v) is 7.94. The smallest absolute Gasteiger partial charge is 0.150 e. The molecule has 6 heteroatoms. The third-order valence-corrected chi connectivity index (χ3v) is 5.75. The van der Waals surface area contributed by atoms with E-state index in [1.54, 1.807) is 6.07 Å². The van der Waals surface area contributed by atoms with Crippen LogP contribution in [0.1, 0.15) is 12.0 Å². The molecule has 1 aliphatic heterocycles. The van der Waals surface area contributed by atoms with Crippen molar-refractivity contribution in [2.75, 3.05) is 24.7 Å². The van der Waals surface area contributed by atoms with Crippen LogP contribution in [-0.4, -0.2) is 43.4 Å². The molecule has 0 bridgehead atoms. The second-order valence-electron chi connectivity index (χ2n) is 5.08. The number of benzene rings is 1. The van der Waals surface area contributed by atoms with Crippen molar-refractivity contribution in [2.24, 2.45) is 5.92 Å². The lowest BCUT2D eigenvalue weighted by Crippen LogP contribution is -2.43. The van der Waals surface area contributed by atoms with E-state index in [-0.39, 0.29) is 11.5 Å². The Bertz CT molecular complexity index is 552. The van der Waals surface area contributed by atoms with Crippen molar-refractivity contribution in [3.8, 4) is 0 Å². The molecule has 106 valence electrons. The predicted octanol–water partition coefficient (Wildman–Crippen LogP) is 0.483. The zero-order chi connectivity index (χ0) is 14.1. The van der Waals surface area contributed by atoms with Gasteiger partial charge in [0.1, 0.15) is 5.82 Å². The lowest BCUT2D eigenvalue weighted by Gasteiger charge is -2.35. The van der Waals surface area contributed by atoms with Crippen LogP contribution in [0.3, 0.4) is 0 Å². The zero-order valence-corrected chi connectivity index (χ0v) is 11.2. The second-order valence-corrected chi connectivity index (χ2v) is 7.31. The van der Waals surface area contributed by atoms with E-state index in [0.29, 0.717) is 12.0 Å². The minimum Gasteiger partial charge on any atom is -0.395 e. The molecule has 0 aliphatic carbocycles. The highest BCUT2D eigenvalue weighted by Crippen LogP contribution is 2.38. The number of aliphatic hydroxyl groups is 2. The molecule has 2 rings (SSSR count). The largest absolute Gasteiger partial charge is 0.395 e. The van der Waals surface area contributed by atoms with Crippen LogP contribution in [0.4, 0.5) is 4.39 Å². The Morgan fingerprint density at radius 1 is 1.32 bits per heavy atom. The van der Waals surface area contributed by atoms with Gasteiger partial charge in [0.25, 0.3) is 0 Å². The molecule has 0 amide bonds. The van der Waals surface area contributed by atoms with Gasteiger partial charge < -0.3 is 10.2 Å². The molecule has 0 radical (unpaired) electrons. The van der Waals surface area contributed by atoms with Crippen molar-refractivity contribution in [3.63, 3.8) is 0 Å². The molecular formula is C13H17FO4S. The first kappa shape index (κ1) is 14.4. The molecule has 1 aromatic rings. The van der Waals surface area contributed by atoms with E-state index in [2.05, 4.69) is 0 Å². The first-order chi connectivity index (χ1) is 8.93. The van der Waals surface area contributed by atoms with Gasteiger partial charge in [-0.05, 0) is 30.0 Å². The van der Waals surface area contributed by atoms with Crippen molar-refractivity contribution >= 4 is 9.84 Å². The Morgan fingerprint density at radius 2 is 2.00 bits per heavy atom. The minimum atomic E-state index is -3.13. The van der Waals surface area contributed by atoms with E-state index in [4.69, 9.17) is 0 Å². The van der Waals surface area contributed by atoms with E-state index in [1.165, 1.54) is 18.2 Å². The summed E-state index contributed by atoms with van der Waals surface area (Å²) < 4.78 is 36.5. The minimum absolute atomic E-state index is 0.0503. The van der Waals surface area contributed by atoms with Gasteiger partial charge >= 0.3 is 0 Å². The van der Waals surface area contributed by atoms with E-state index in [9.17, 15) is 23.0 Å². The standard InChI is InChI=1S/C13H17FO4S/c14-12-3-1-2-10(6-12)13(8-15,9-16)11-4-5-19(17,18)7-11/h1-3,6,11,15-16H,4-5,7-9H2. The molecule has 4 nitrogen and oxygen atoms in total. The monoisotopic (exact) mass is 288 g/mol. The molecular weight excluding hydrogens is 271 g/mol. The molecule has 1 fully saturated rings. The van der Waals surface area contributed by atoms with E-state index < -0.39 is 40.2 Å². The Morgan fingerprint density at radius 3 is 2.47 bits per heavy atom. The number of aliphatic hydroxyl groups excluding tert-OH is 2. The molecule has 2 N–H and O–H groups in total. The van der Waals surface area contributed by atoms with Gasteiger partial charge in [0.2, 0.25) is 0 Å². The Hall–Kier alpha value is -0.980. The summed E-state index contributed by atoms with van der Waals surface area (Å²) in [4.78, 5) is 0. The van der Waals surface area contributed by atoms with Crippen LogP contribution in [0.25, 0.3) is 0 Å². The molecule has 1 aromatic carbocycles. The molecule has 1 unspecified atom stereocenters. The third kappa shape index (κ3) is 2.66. The SMILES string of the molecule is O=S1(=O)CCC(C(CO)(CO)c2cccc(F)c2)C1. The number of sulfone groups is 1. The molecule has 0 saturated carbocycles. The molecule has 1 aliphatic rings. The lowest BCUT2D eigenvalue weighted by molar-refractivity contribution is 0.0772. The van der Waals surface area contributed by atoms with E-state index in [1.807, 2.05) is 0 Å². The average Bonchev–Trinajstić information content (AvgIpc) is 2.73. The maximum atomic E-state index is 13.3. The lowest BCUT2D eigenvalue weighted by atomic mass is 9.71. The summed E-state index contributed by atoms with van der Waals surface area (Å²) in [6.45, 7) is -0.819. The summed E-state index contributed by atoms with van der Waals surface area (Å²) in [5.41, 5.74) is -0.661. The van der Waals surface area contributed by atoms with Crippen LogP contribution < -0.4 is 0 Å². The highest BCUT2D eigenvalue weighted by molar-refractivity contribution is 7.91. The molecule has 1 saturated heterocycles. The fraction of sp³-hybridized carbons (Fsp3) is 0.538. The topological polar surface area (TPSA) is 74.6 Å². The van der Waals surface area contributed by atoms with Gasteiger partial charge in [-0.15, -0.1) is 0 Å². The van der Waals surface area contributed by atoms with Crippen LogP contribution in [0.5, 0.6) is 0 Å². The number of rotatable bonds is 4. The normalized spacial score (nSPS) is 22.6. The number of hydrogen-bond donors (Lipinski definition) is 2. The molecule has 1 heterocycles. The highest BCUT2D eigenvalue weighted by Gasteiger charge is 2.45. The highest BCUT2D eigenvalue weighted by atomic mass is 32.2. The van der Waals surface area contributed by atoms with Gasteiger partial charge in [0.15, 0.2) is 9.84 Å². The molecule has 0 aromatic heterocycles. The Kier molecular flexibility index (Phi) is 3.94. The average molecular weight is 288 g/mol. The maximum absolute atomic E-state index is 13.3. The Balaban J connectivity index is 2.43. The summed E-state index contributed by atoms with van der Waals surface area (Å²) in [6.07, 6.45) is 0.375. The molecule has 19 heavy (non-hydrogen) atoms. The molecule has 0 spiro atoms. The van der Waals surface area contributed by atoms with Crippen LogP contribution in [0.2, 0.25) is 0 Å². The third-order valence-electron chi connectivity index (χ3n) is 3.98. The fourth-order valence-corrected chi connectivity index (χ4v) is 4.66. The molecule has 1 atom stereocenters. The number of hydrogen-bond acceptors (Lipinski definition) is 4. The second kappa shape index (κ2) is 5.19. The zero-order valence-electron chi connectivity index (χ0n) is 10.4. The van der Waals surface area contributed by atoms with Crippen LogP contribution in [0.15, 0.2) is 24.3 Å².